The summed E-state index contributed by atoms with van der Waals surface area (Å²) in [5.41, 5.74) is 0. The summed E-state index contributed by atoms with van der Waals surface area (Å²) in [6.45, 7) is 4.47. The van der Waals surface area contributed by atoms with E-state index < -0.39 is 15.9 Å². The van der Waals surface area contributed by atoms with Gasteiger partial charge in [-0.05, 0) is 49.4 Å². The number of aliphatic hydroxyl groups excluding tert-OH is 1. The molecule has 0 aromatic heterocycles. The molecular formula is C13H24O3S. The van der Waals surface area contributed by atoms with Crippen LogP contribution in [-0.2, 0) is 9.84 Å². The molecule has 0 bridgehead atoms. The Kier molecular flexibility index (Phi) is 3.83. The summed E-state index contributed by atoms with van der Waals surface area (Å²) in [6, 6.07) is 0. The van der Waals surface area contributed by atoms with E-state index in [2.05, 4.69) is 13.8 Å². The van der Waals surface area contributed by atoms with Gasteiger partial charge in [-0.15, -0.1) is 0 Å². The van der Waals surface area contributed by atoms with E-state index in [9.17, 15) is 13.5 Å². The van der Waals surface area contributed by atoms with Gasteiger partial charge in [-0.2, -0.15) is 0 Å². The molecule has 17 heavy (non-hydrogen) atoms. The van der Waals surface area contributed by atoms with Gasteiger partial charge in [0.05, 0.1) is 17.6 Å². The molecule has 1 aliphatic carbocycles. The molecule has 0 radical (unpaired) electrons. The van der Waals surface area contributed by atoms with E-state index in [4.69, 9.17) is 0 Å². The largest absolute Gasteiger partial charge is 0.393 e. The number of hydrogen-bond donors (Lipinski definition) is 1. The van der Waals surface area contributed by atoms with Crippen molar-refractivity contribution in [2.45, 2.75) is 45.6 Å². The minimum absolute atomic E-state index is 0.0116. The number of rotatable bonds is 2. The Bertz CT molecular complexity index is 353. The fraction of sp³-hybridized carbons (Fsp3) is 1.00. The lowest BCUT2D eigenvalue weighted by Crippen LogP contribution is -2.35. The number of hydrogen-bond acceptors (Lipinski definition) is 3. The van der Waals surface area contributed by atoms with Crippen molar-refractivity contribution in [2.24, 2.45) is 23.7 Å². The zero-order valence-corrected chi connectivity index (χ0v) is 11.6. The van der Waals surface area contributed by atoms with Crippen molar-refractivity contribution in [2.75, 3.05) is 11.5 Å². The molecule has 0 amide bonds. The lowest BCUT2D eigenvalue weighted by Gasteiger charge is -2.36. The maximum atomic E-state index is 11.4. The molecule has 2 aliphatic rings. The van der Waals surface area contributed by atoms with Crippen LogP contribution in [0.3, 0.4) is 0 Å². The molecule has 1 aliphatic heterocycles. The molecule has 2 fully saturated rings. The van der Waals surface area contributed by atoms with E-state index >= 15 is 0 Å². The van der Waals surface area contributed by atoms with Gasteiger partial charge in [-0.25, -0.2) is 8.42 Å². The van der Waals surface area contributed by atoms with Crippen LogP contribution < -0.4 is 0 Å². The highest BCUT2D eigenvalue weighted by molar-refractivity contribution is 7.91. The van der Waals surface area contributed by atoms with Gasteiger partial charge in [0, 0.05) is 0 Å². The average Bonchev–Trinajstić information content (AvgIpc) is 2.56. The summed E-state index contributed by atoms with van der Waals surface area (Å²) in [4.78, 5) is 0. The van der Waals surface area contributed by atoms with Gasteiger partial charge in [0.1, 0.15) is 0 Å². The van der Waals surface area contributed by atoms with Crippen molar-refractivity contribution < 1.29 is 13.5 Å². The van der Waals surface area contributed by atoms with Crippen LogP contribution in [0.1, 0.15) is 39.5 Å². The van der Waals surface area contributed by atoms with Crippen molar-refractivity contribution in [3.63, 3.8) is 0 Å². The van der Waals surface area contributed by atoms with E-state index in [0.717, 1.165) is 12.8 Å². The van der Waals surface area contributed by atoms with E-state index in [1.54, 1.807) is 0 Å². The SMILES string of the molecule is CC1CC(C)CC(C(O)C2CCS(=O)(=O)C2)C1. The van der Waals surface area contributed by atoms with Crippen LogP contribution in [0.2, 0.25) is 0 Å². The third kappa shape index (κ3) is 3.22. The summed E-state index contributed by atoms with van der Waals surface area (Å²) in [5.74, 6) is 2.10. The number of aliphatic hydroxyl groups is 1. The summed E-state index contributed by atoms with van der Waals surface area (Å²) in [5, 5.41) is 10.4. The van der Waals surface area contributed by atoms with E-state index in [-0.39, 0.29) is 17.4 Å². The first-order chi connectivity index (χ1) is 7.87. The first-order valence-electron chi connectivity index (χ1n) is 6.76. The summed E-state index contributed by atoms with van der Waals surface area (Å²) < 4.78 is 22.9. The van der Waals surface area contributed by atoms with Crippen LogP contribution in [0.25, 0.3) is 0 Å². The highest BCUT2D eigenvalue weighted by atomic mass is 32.2. The van der Waals surface area contributed by atoms with Crippen molar-refractivity contribution in [1.82, 2.24) is 0 Å². The zero-order chi connectivity index (χ0) is 12.6. The predicted molar refractivity (Wildman–Crippen MR) is 68.4 cm³/mol. The fourth-order valence-corrected chi connectivity index (χ4v) is 5.61. The molecule has 2 rings (SSSR count). The Morgan fingerprint density at radius 1 is 1.06 bits per heavy atom. The van der Waals surface area contributed by atoms with Crippen molar-refractivity contribution >= 4 is 9.84 Å². The molecule has 1 heterocycles. The molecule has 1 saturated carbocycles. The van der Waals surface area contributed by atoms with Crippen molar-refractivity contribution in [3.8, 4) is 0 Å². The highest BCUT2D eigenvalue weighted by Crippen LogP contribution is 2.38. The maximum Gasteiger partial charge on any atom is 0.150 e. The maximum absolute atomic E-state index is 11.4. The second kappa shape index (κ2) is 4.88. The van der Waals surface area contributed by atoms with Crippen LogP contribution in [0.15, 0.2) is 0 Å². The molecule has 3 nitrogen and oxygen atoms in total. The molecule has 4 atom stereocenters. The van der Waals surface area contributed by atoms with Crippen molar-refractivity contribution in [3.05, 3.63) is 0 Å². The Labute approximate surface area is 105 Å². The quantitative estimate of drug-likeness (QED) is 0.824. The van der Waals surface area contributed by atoms with Crippen LogP contribution in [0, 0.1) is 23.7 Å². The second-order valence-corrected chi connectivity index (χ2v) is 8.56. The minimum atomic E-state index is -2.87. The molecule has 4 unspecified atom stereocenters. The smallest absolute Gasteiger partial charge is 0.150 e. The van der Waals surface area contributed by atoms with Crippen LogP contribution in [0.5, 0.6) is 0 Å². The zero-order valence-electron chi connectivity index (χ0n) is 10.8. The van der Waals surface area contributed by atoms with Gasteiger partial charge >= 0.3 is 0 Å². The minimum Gasteiger partial charge on any atom is -0.393 e. The standard InChI is InChI=1S/C13H24O3S/c1-9-5-10(2)7-12(6-9)13(14)11-3-4-17(15,16)8-11/h9-14H,3-8H2,1-2H3. The molecule has 1 N–H and O–H groups in total. The topological polar surface area (TPSA) is 54.4 Å². The highest BCUT2D eigenvalue weighted by Gasteiger charge is 2.38. The van der Waals surface area contributed by atoms with Gasteiger partial charge < -0.3 is 5.11 Å². The Balaban J connectivity index is 1.98. The Morgan fingerprint density at radius 2 is 1.65 bits per heavy atom. The van der Waals surface area contributed by atoms with Crippen LogP contribution in [-0.4, -0.2) is 31.1 Å². The normalized spacial score (nSPS) is 43.5. The van der Waals surface area contributed by atoms with Crippen LogP contribution >= 0.6 is 0 Å². The Hall–Kier alpha value is -0.0900. The molecule has 4 heteroatoms. The lowest BCUT2D eigenvalue weighted by atomic mass is 9.72. The molecule has 0 spiro atoms. The monoisotopic (exact) mass is 260 g/mol. The summed E-state index contributed by atoms with van der Waals surface area (Å²) >= 11 is 0. The van der Waals surface area contributed by atoms with Crippen LogP contribution in [0.4, 0.5) is 0 Å². The molecule has 100 valence electrons. The number of sulfone groups is 1. The first kappa shape index (κ1) is 13.3. The average molecular weight is 260 g/mol. The Morgan fingerprint density at radius 3 is 2.12 bits per heavy atom. The molecular weight excluding hydrogens is 236 g/mol. The van der Waals surface area contributed by atoms with Gasteiger partial charge in [0.15, 0.2) is 9.84 Å². The fourth-order valence-electron chi connectivity index (χ4n) is 3.77. The van der Waals surface area contributed by atoms with Crippen molar-refractivity contribution in [1.29, 1.82) is 0 Å². The summed E-state index contributed by atoms with van der Waals surface area (Å²) in [7, 11) is -2.87. The summed E-state index contributed by atoms with van der Waals surface area (Å²) in [6.07, 6.45) is 3.61. The predicted octanol–water partition coefficient (Wildman–Crippen LogP) is 1.85. The second-order valence-electron chi connectivity index (χ2n) is 6.33. The van der Waals surface area contributed by atoms with Gasteiger partial charge in [-0.1, -0.05) is 13.8 Å². The van der Waals surface area contributed by atoms with Gasteiger partial charge in [-0.3, -0.25) is 0 Å². The van der Waals surface area contributed by atoms with E-state index in [1.807, 2.05) is 0 Å². The van der Waals surface area contributed by atoms with Gasteiger partial charge in [0.2, 0.25) is 0 Å². The van der Waals surface area contributed by atoms with Gasteiger partial charge in [0.25, 0.3) is 0 Å². The lowest BCUT2D eigenvalue weighted by molar-refractivity contribution is 0.0206. The third-order valence-electron chi connectivity index (χ3n) is 4.45. The third-order valence-corrected chi connectivity index (χ3v) is 6.24. The van der Waals surface area contributed by atoms with E-state index in [0.29, 0.717) is 24.2 Å². The van der Waals surface area contributed by atoms with E-state index in [1.165, 1.54) is 6.42 Å². The molecule has 0 aromatic carbocycles. The molecule has 1 saturated heterocycles. The molecule has 0 aromatic rings. The first-order valence-corrected chi connectivity index (χ1v) is 8.58.